The summed E-state index contributed by atoms with van der Waals surface area (Å²) >= 11 is 0. The number of para-hydroxylation sites is 1. The second-order valence-electron chi connectivity index (χ2n) is 6.58. The first kappa shape index (κ1) is 21.6. The first-order chi connectivity index (χ1) is 13.3. The lowest BCUT2D eigenvalue weighted by Crippen LogP contribution is -2.41. The van der Waals surface area contributed by atoms with Crippen LogP contribution < -0.4 is 20.1 Å². The summed E-state index contributed by atoms with van der Waals surface area (Å²) in [7, 11) is -1.66. The van der Waals surface area contributed by atoms with Crippen LogP contribution in [0.25, 0.3) is 0 Å². The van der Waals surface area contributed by atoms with E-state index in [1.54, 1.807) is 19.2 Å². The van der Waals surface area contributed by atoms with Gasteiger partial charge in [0.15, 0.2) is 5.96 Å². The lowest BCUT2D eigenvalue weighted by molar-refractivity contribution is 0.223. The molecule has 2 rings (SSSR count). The Morgan fingerprint density at radius 2 is 1.89 bits per heavy atom. The van der Waals surface area contributed by atoms with Gasteiger partial charge in [0.1, 0.15) is 11.9 Å². The van der Waals surface area contributed by atoms with Crippen molar-refractivity contribution in [1.29, 1.82) is 0 Å². The molecule has 0 aliphatic heterocycles. The van der Waals surface area contributed by atoms with E-state index < -0.39 is 10.0 Å². The molecule has 28 heavy (non-hydrogen) atoms. The summed E-state index contributed by atoms with van der Waals surface area (Å²) in [6, 6.07) is 15.2. The van der Waals surface area contributed by atoms with Crippen molar-refractivity contribution >= 4 is 21.7 Å². The Hall–Kier alpha value is -2.74. The Balaban J connectivity index is 1.88. The highest BCUT2D eigenvalue weighted by Gasteiger charge is 2.09. The normalized spacial score (nSPS) is 12.9. The number of anilines is 1. The number of guanidine groups is 1. The van der Waals surface area contributed by atoms with E-state index in [2.05, 4.69) is 20.3 Å². The zero-order valence-electron chi connectivity index (χ0n) is 16.7. The van der Waals surface area contributed by atoms with Crippen molar-refractivity contribution in [1.82, 2.24) is 10.6 Å². The Morgan fingerprint density at radius 1 is 1.14 bits per heavy atom. The number of sulfonamides is 1. The van der Waals surface area contributed by atoms with E-state index >= 15 is 0 Å². The van der Waals surface area contributed by atoms with E-state index in [0.717, 1.165) is 23.1 Å². The predicted molar refractivity (Wildman–Crippen MR) is 114 cm³/mol. The summed E-state index contributed by atoms with van der Waals surface area (Å²) in [6.07, 6.45) is 1.08. The van der Waals surface area contributed by atoms with Gasteiger partial charge < -0.3 is 15.4 Å². The molecular formula is C20H28N4O3S. The molecule has 0 bridgehead atoms. The van der Waals surface area contributed by atoms with Crippen molar-refractivity contribution in [2.45, 2.75) is 26.5 Å². The molecule has 0 radical (unpaired) electrons. The fourth-order valence-electron chi connectivity index (χ4n) is 2.58. The van der Waals surface area contributed by atoms with Gasteiger partial charge in [-0.2, -0.15) is 0 Å². The topological polar surface area (TPSA) is 91.8 Å². The van der Waals surface area contributed by atoms with E-state index in [-0.39, 0.29) is 6.10 Å². The van der Waals surface area contributed by atoms with Crippen molar-refractivity contribution in [2.75, 3.05) is 24.6 Å². The van der Waals surface area contributed by atoms with Crippen LogP contribution in [-0.2, 0) is 16.6 Å². The highest BCUT2D eigenvalue weighted by Crippen LogP contribution is 2.16. The summed E-state index contributed by atoms with van der Waals surface area (Å²) in [4.78, 5) is 4.20. The zero-order valence-corrected chi connectivity index (χ0v) is 17.5. The van der Waals surface area contributed by atoms with Gasteiger partial charge in [-0.1, -0.05) is 30.3 Å². The summed E-state index contributed by atoms with van der Waals surface area (Å²) in [5, 5.41) is 6.41. The standard InChI is InChI=1S/C20H28N4O3S/c1-15-8-7-10-18(12-15)27-16(2)13-22-20(21-3)23-14-17-9-5-6-11-19(17)24-28(4,25)26/h5-12,16,24H,13-14H2,1-4H3,(H2,21,22,23). The van der Waals surface area contributed by atoms with Crippen LogP contribution in [0.5, 0.6) is 5.75 Å². The lowest BCUT2D eigenvalue weighted by atomic mass is 10.2. The van der Waals surface area contributed by atoms with Crippen molar-refractivity contribution in [2.24, 2.45) is 4.99 Å². The third kappa shape index (κ3) is 7.48. The van der Waals surface area contributed by atoms with Gasteiger partial charge in [0.2, 0.25) is 10.0 Å². The number of ether oxygens (including phenoxy) is 1. The van der Waals surface area contributed by atoms with Crippen molar-refractivity contribution in [3.8, 4) is 5.75 Å². The average Bonchev–Trinajstić information content (AvgIpc) is 2.62. The fourth-order valence-corrected chi connectivity index (χ4v) is 3.17. The minimum atomic E-state index is -3.34. The first-order valence-electron chi connectivity index (χ1n) is 9.00. The van der Waals surface area contributed by atoms with Gasteiger partial charge in [0.25, 0.3) is 0 Å². The van der Waals surface area contributed by atoms with Gasteiger partial charge in [-0.15, -0.1) is 0 Å². The van der Waals surface area contributed by atoms with E-state index in [1.165, 1.54) is 0 Å². The summed E-state index contributed by atoms with van der Waals surface area (Å²) in [5.74, 6) is 1.44. The van der Waals surface area contributed by atoms with Crippen LogP contribution in [0, 0.1) is 6.92 Å². The minimum absolute atomic E-state index is 0.0560. The Kier molecular flexibility index (Phi) is 7.69. The van der Waals surface area contributed by atoms with Gasteiger partial charge >= 0.3 is 0 Å². The maximum absolute atomic E-state index is 11.5. The Labute approximate surface area is 167 Å². The van der Waals surface area contributed by atoms with Crippen molar-refractivity contribution in [3.63, 3.8) is 0 Å². The molecular weight excluding hydrogens is 376 g/mol. The van der Waals surface area contributed by atoms with E-state index in [0.29, 0.717) is 24.7 Å². The second kappa shape index (κ2) is 9.98. The number of benzene rings is 2. The van der Waals surface area contributed by atoms with Gasteiger partial charge in [-0.25, -0.2) is 8.42 Å². The predicted octanol–water partition coefficient (Wildman–Crippen LogP) is 2.50. The average molecular weight is 405 g/mol. The molecule has 2 aromatic rings. The van der Waals surface area contributed by atoms with Crippen LogP contribution in [0.1, 0.15) is 18.1 Å². The molecule has 8 heteroatoms. The Morgan fingerprint density at radius 3 is 2.57 bits per heavy atom. The van der Waals surface area contributed by atoms with Gasteiger partial charge in [-0.3, -0.25) is 9.71 Å². The van der Waals surface area contributed by atoms with Crippen LogP contribution in [0.2, 0.25) is 0 Å². The van der Waals surface area contributed by atoms with Crippen LogP contribution >= 0.6 is 0 Å². The molecule has 2 aromatic carbocycles. The molecule has 152 valence electrons. The number of nitrogens with zero attached hydrogens (tertiary/aromatic N) is 1. The highest BCUT2D eigenvalue weighted by molar-refractivity contribution is 7.92. The van der Waals surface area contributed by atoms with Crippen LogP contribution in [0.3, 0.4) is 0 Å². The molecule has 0 fully saturated rings. The summed E-state index contributed by atoms with van der Waals surface area (Å²) in [5.41, 5.74) is 2.51. The number of rotatable bonds is 8. The van der Waals surface area contributed by atoms with E-state index in [9.17, 15) is 8.42 Å². The molecule has 0 saturated heterocycles. The third-order valence-electron chi connectivity index (χ3n) is 3.87. The maximum atomic E-state index is 11.5. The number of aryl methyl sites for hydroxylation is 1. The SMILES string of the molecule is CN=C(NCc1ccccc1NS(C)(=O)=O)NCC(C)Oc1cccc(C)c1. The molecule has 0 aliphatic carbocycles. The molecule has 7 nitrogen and oxygen atoms in total. The molecule has 0 amide bonds. The second-order valence-corrected chi connectivity index (χ2v) is 8.33. The molecule has 1 atom stereocenters. The molecule has 3 N–H and O–H groups in total. The number of aliphatic imine (C=N–C) groups is 1. The molecule has 0 aliphatic rings. The fraction of sp³-hybridized carbons (Fsp3) is 0.350. The number of hydrogen-bond acceptors (Lipinski definition) is 4. The zero-order chi connectivity index (χ0) is 20.6. The summed E-state index contributed by atoms with van der Waals surface area (Å²) in [6.45, 7) is 4.99. The van der Waals surface area contributed by atoms with Crippen LogP contribution in [-0.4, -0.2) is 40.3 Å². The number of nitrogens with one attached hydrogen (secondary N) is 3. The van der Waals surface area contributed by atoms with Crippen molar-refractivity contribution in [3.05, 3.63) is 59.7 Å². The summed E-state index contributed by atoms with van der Waals surface area (Å²) < 4.78 is 31.5. The lowest BCUT2D eigenvalue weighted by Gasteiger charge is -2.18. The smallest absolute Gasteiger partial charge is 0.229 e. The van der Waals surface area contributed by atoms with E-state index in [4.69, 9.17) is 4.74 Å². The van der Waals surface area contributed by atoms with Crippen LogP contribution in [0.15, 0.2) is 53.5 Å². The largest absolute Gasteiger partial charge is 0.489 e. The molecule has 0 spiro atoms. The maximum Gasteiger partial charge on any atom is 0.229 e. The monoisotopic (exact) mass is 404 g/mol. The molecule has 0 aromatic heterocycles. The van der Waals surface area contributed by atoms with Crippen molar-refractivity contribution < 1.29 is 13.2 Å². The minimum Gasteiger partial charge on any atom is -0.489 e. The van der Waals surface area contributed by atoms with E-state index in [1.807, 2.05) is 50.2 Å². The first-order valence-corrected chi connectivity index (χ1v) is 10.9. The third-order valence-corrected chi connectivity index (χ3v) is 4.46. The molecule has 0 heterocycles. The number of hydrogen-bond donors (Lipinski definition) is 3. The van der Waals surface area contributed by atoms with Gasteiger partial charge in [0, 0.05) is 13.6 Å². The van der Waals surface area contributed by atoms with Gasteiger partial charge in [-0.05, 0) is 43.2 Å². The Bertz CT molecular complexity index is 913. The van der Waals surface area contributed by atoms with Crippen LogP contribution in [0.4, 0.5) is 5.69 Å². The molecule has 0 saturated carbocycles. The molecule has 1 unspecified atom stereocenters. The van der Waals surface area contributed by atoms with Gasteiger partial charge in [0.05, 0.1) is 18.5 Å². The highest BCUT2D eigenvalue weighted by atomic mass is 32.2. The quantitative estimate of drug-likeness (QED) is 0.464.